The number of rotatable bonds is 4. The molecule has 0 aliphatic carbocycles. The van der Waals surface area contributed by atoms with E-state index in [-0.39, 0.29) is 22.9 Å². The zero-order valence-electron chi connectivity index (χ0n) is 8.47. The number of pyridine rings is 1. The van der Waals surface area contributed by atoms with E-state index in [1.165, 1.54) is 25.3 Å². The van der Waals surface area contributed by atoms with Crippen LogP contribution in [0.4, 0.5) is 0 Å². The van der Waals surface area contributed by atoms with Gasteiger partial charge in [0.2, 0.25) is 10.0 Å². The third-order valence-corrected chi connectivity index (χ3v) is 3.11. The van der Waals surface area contributed by atoms with Gasteiger partial charge in [0, 0.05) is 6.20 Å². The van der Waals surface area contributed by atoms with Crippen LogP contribution in [0.3, 0.4) is 0 Å². The predicted octanol–water partition coefficient (Wildman–Crippen LogP) is -0.179. The first-order valence-electron chi connectivity index (χ1n) is 4.31. The molecule has 0 aromatic carbocycles. The van der Waals surface area contributed by atoms with Gasteiger partial charge < -0.3 is 0 Å². The molecule has 0 radical (unpaired) electrons. The molecule has 0 aliphatic heterocycles. The lowest BCUT2D eigenvalue weighted by molar-refractivity contribution is -0.115. The van der Waals surface area contributed by atoms with Crippen molar-refractivity contribution in [2.45, 2.75) is 11.8 Å². The lowest BCUT2D eigenvalue weighted by Gasteiger charge is -2.05. The Labute approximate surface area is 93.0 Å². The van der Waals surface area contributed by atoms with Crippen molar-refractivity contribution >= 4 is 15.8 Å². The summed E-state index contributed by atoms with van der Waals surface area (Å²) in [7, 11) is -3.85. The Bertz CT molecular complexity index is 545. The Morgan fingerprint density at radius 2 is 2.31 bits per heavy atom. The number of sulfonamides is 1. The summed E-state index contributed by atoms with van der Waals surface area (Å²) in [6.07, 6.45) is 1.32. The van der Waals surface area contributed by atoms with Gasteiger partial charge in [-0.05, 0) is 19.1 Å². The molecule has 0 unspecified atom stereocenters. The van der Waals surface area contributed by atoms with E-state index in [1.807, 2.05) is 0 Å². The molecule has 1 heterocycles. The first-order chi connectivity index (χ1) is 7.47. The lowest BCUT2D eigenvalue weighted by Crippen LogP contribution is -2.29. The highest BCUT2D eigenvalue weighted by molar-refractivity contribution is 7.89. The number of nitriles is 1. The molecule has 0 aliphatic rings. The number of aromatic nitrogens is 1. The Kier molecular flexibility index (Phi) is 3.71. The lowest BCUT2D eigenvalue weighted by atomic mass is 10.4. The van der Waals surface area contributed by atoms with E-state index in [0.717, 1.165) is 0 Å². The molecule has 84 valence electrons. The molecule has 16 heavy (non-hydrogen) atoms. The van der Waals surface area contributed by atoms with Crippen LogP contribution in [-0.4, -0.2) is 25.7 Å². The van der Waals surface area contributed by atoms with E-state index in [4.69, 9.17) is 5.26 Å². The fourth-order valence-electron chi connectivity index (χ4n) is 0.966. The molecule has 0 saturated heterocycles. The minimum atomic E-state index is -3.85. The number of nitrogens with one attached hydrogen (secondary N) is 1. The summed E-state index contributed by atoms with van der Waals surface area (Å²) < 4.78 is 25.4. The van der Waals surface area contributed by atoms with Gasteiger partial charge in [-0.3, -0.25) is 4.79 Å². The van der Waals surface area contributed by atoms with E-state index in [9.17, 15) is 13.2 Å². The highest BCUT2D eigenvalue weighted by Crippen LogP contribution is 2.11. The first-order valence-corrected chi connectivity index (χ1v) is 5.80. The zero-order valence-corrected chi connectivity index (χ0v) is 9.28. The number of carbonyl (C=O) groups is 1. The van der Waals surface area contributed by atoms with Crippen molar-refractivity contribution < 1.29 is 13.2 Å². The van der Waals surface area contributed by atoms with Gasteiger partial charge >= 0.3 is 0 Å². The number of Topliss-reactive ketones (excluding diaryl/α,β-unsaturated/α-hetero) is 1. The summed E-state index contributed by atoms with van der Waals surface area (Å²) in [4.78, 5) is 14.1. The average Bonchev–Trinajstić information content (AvgIpc) is 2.26. The minimum absolute atomic E-state index is 0.196. The standard InChI is InChI=1S/C9H9N3O3S/c1-7(13)6-12-16(14,15)9-3-2-4-11-8(9)5-10/h2-4,12H,6H2,1H3. The smallest absolute Gasteiger partial charge is 0.243 e. The van der Waals surface area contributed by atoms with Crippen molar-refractivity contribution in [3.05, 3.63) is 24.0 Å². The van der Waals surface area contributed by atoms with E-state index >= 15 is 0 Å². The highest BCUT2D eigenvalue weighted by Gasteiger charge is 2.19. The molecule has 0 atom stereocenters. The van der Waals surface area contributed by atoms with Gasteiger partial charge in [0.15, 0.2) is 5.69 Å². The molecule has 0 saturated carbocycles. The number of ketones is 1. The van der Waals surface area contributed by atoms with Gasteiger partial charge in [0.25, 0.3) is 0 Å². The van der Waals surface area contributed by atoms with Crippen molar-refractivity contribution in [3.63, 3.8) is 0 Å². The summed E-state index contributed by atoms with van der Waals surface area (Å²) in [5.74, 6) is -0.314. The van der Waals surface area contributed by atoms with Gasteiger partial charge in [-0.2, -0.15) is 5.26 Å². The van der Waals surface area contributed by atoms with Crippen molar-refractivity contribution in [2.24, 2.45) is 0 Å². The first kappa shape index (κ1) is 12.3. The van der Waals surface area contributed by atoms with Crippen molar-refractivity contribution in [1.82, 2.24) is 9.71 Å². The molecule has 0 fully saturated rings. The molecule has 6 nitrogen and oxygen atoms in total. The minimum Gasteiger partial charge on any atom is -0.299 e. The van der Waals surface area contributed by atoms with E-state index in [2.05, 4.69) is 9.71 Å². The van der Waals surface area contributed by atoms with Crippen LogP contribution in [-0.2, 0) is 14.8 Å². The largest absolute Gasteiger partial charge is 0.299 e. The normalized spacial score (nSPS) is 10.8. The molecule has 0 amide bonds. The monoisotopic (exact) mass is 239 g/mol. The van der Waals surface area contributed by atoms with Crippen LogP contribution >= 0.6 is 0 Å². The highest BCUT2D eigenvalue weighted by atomic mass is 32.2. The van der Waals surface area contributed by atoms with Crippen molar-refractivity contribution in [2.75, 3.05) is 6.54 Å². The molecule has 1 aromatic rings. The van der Waals surface area contributed by atoms with Gasteiger partial charge in [0.05, 0.1) is 6.54 Å². The quantitative estimate of drug-likeness (QED) is 0.785. The Balaban J connectivity index is 3.08. The maximum Gasteiger partial charge on any atom is 0.243 e. The fraction of sp³-hybridized carbons (Fsp3) is 0.222. The van der Waals surface area contributed by atoms with Crippen LogP contribution in [0.5, 0.6) is 0 Å². The Hall–Kier alpha value is -1.78. The number of carbonyl (C=O) groups excluding carboxylic acids is 1. The van der Waals surface area contributed by atoms with E-state index in [0.29, 0.717) is 0 Å². The van der Waals surface area contributed by atoms with Crippen molar-refractivity contribution in [3.8, 4) is 6.07 Å². The SMILES string of the molecule is CC(=O)CNS(=O)(=O)c1cccnc1C#N. The third-order valence-electron chi connectivity index (χ3n) is 1.68. The summed E-state index contributed by atoms with van der Waals surface area (Å²) >= 11 is 0. The molecule has 1 rings (SSSR count). The summed E-state index contributed by atoms with van der Waals surface area (Å²) in [6, 6.07) is 4.34. The van der Waals surface area contributed by atoms with E-state index in [1.54, 1.807) is 6.07 Å². The Morgan fingerprint density at radius 3 is 2.88 bits per heavy atom. The molecule has 7 heteroatoms. The number of hydrogen-bond acceptors (Lipinski definition) is 5. The summed E-state index contributed by atoms with van der Waals surface area (Å²) in [5.41, 5.74) is -0.196. The zero-order chi connectivity index (χ0) is 12.2. The second kappa shape index (κ2) is 4.83. The number of hydrogen-bond donors (Lipinski definition) is 1. The second-order valence-electron chi connectivity index (χ2n) is 2.99. The van der Waals surface area contributed by atoms with Gasteiger partial charge in [-0.25, -0.2) is 18.1 Å². The van der Waals surface area contributed by atoms with Crippen LogP contribution in [0.15, 0.2) is 23.2 Å². The van der Waals surface area contributed by atoms with Crippen molar-refractivity contribution in [1.29, 1.82) is 5.26 Å². The topological polar surface area (TPSA) is 99.9 Å². The van der Waals surface area contributed by atoms with Gasteiger partial charge in [0.1, 0.15) is 16.7 Å². The van der Waals surface area contributed by atoms with E-state index < -0.39 is 10.0 Å². The third kappa shape index (κ3) is 2.85. The van der Waals surface area contributed by atoms with Crippen LogP contribution in [0.2, 0.25) is 0 Å². The van der Waals surface area contributed by atoms with Crippen LogP contribution in [0.25, 0.3) is 0 Å². The molecule has 1 N–H and O–H groups in total. The maximum absolute atomic E-state index is 11.7. The van der Waals surface area contributed by atoms with Crippen LogP contribution < -0.4 is 4.72 Å². The fourth-order valence-corrected chi connectivity index (χ4v) is 2.13. The van der Waals surface area contributed by atoms with Crippen LogP contribution in [0.1, 0.15) is 12.6 Å². The molecule has 0 bridgehead atoms. The summed E-state index contributed by atoms with van der Waals surface area (Å²) in [6.45, 7) is 0.957. The molecule has 0 spiro atoms. The summed E-state index contributed by atoms with van der Waals surface area (Å²) in [5, 5.41) is 8.69. The second-order valence-corrected chi connectivity index (χ2v) is 4.72. The van der Waals surface area contributed by atoms with Gasteiger partial charge in [-0.1, -0.05) is 0 Å². The maximum atomic E-state index is 11.7. The molecular weight excluding hydrogens is 230 g/mol. The molecular formula is C9H9N3O3S. The number of nitrogens with zero attached hydrogens (tertiary/aromatic N) is 2. The Morgan fingerprint density at radius 1 is 1.62 bits per heavy atom. The average molecular weight is 239 g/mol. The van der Waals surface area contributed by atoms with Gasteiger partial charge in [-0.15, -0.1) is 0 Å². The van der Waals surface area contributed by atoms with Crippen LogP contribution in [0, 0.1) is 11.3 Å². The molecule has 1 aromatic heterocycles. The predicted molar refractivity (Wildman–Crippen MR) is 54.8 cm³/mol.